The van der Waals surface area contributed by atoms with E-state index in [-0.39, 0.29) is 30.0 Å². The number of amides is 1. The van der Waals surface area contributed by atoms with Gasteiger partial charge in [-0.3, -0.25) is 14.7 Å². The Labute approximate surface area is 198 Å². The van der Waals surface area contributed by atoms with Crippen molar-refractivity contribution in [3.05, 3.63) is 35.4 Å². The maximum atomic E-state index is 12.7. The Morgan fingerprint density at radius 2 is 1.80 bits per heavy atom. The Kier molecular flexibility index (Phi) is 8.39. The number of guanidine groups is 1. The molecule has 30 heavy (non-hydrogen) atoms. The average molecular weight is 525 g/mol. The molecule has 1 aromatic carbocycles. The second kappa shape index (κ2) is 10.8. The molecule has 2 heterocycles. The van der Waals surface area contributed by atoms with Crippen LogP contribution < -0.4 is 5.32 Å². The third-order valence-corrected chi connectivity index (χ3v) is 6.69. The molecule has 7 heteroatoms. The van der Waals surface area contributed by atoms with E-state index in [0.717, 1.165) is 77.6 Å². The summed E-state index contributed by atoms with van der Waals surface area (Å²) < 4.78 is 0. The van der Waals surface area contributed by atoms with E-state index in [1.54, 1.807) is 0 Å². The number of benzene rings is 1. The van der Waals surface area contributed by atoms with Crippen LogP contribution in [0, 0.1) is 0 Å². The van der Waals surface area contributed by atoms with Crippen LogP contribution in [0.4, 0.5) is 0 Å². The Morgan fingerprint density at radius 3 is 2.47 bits per heavy atom. The van der Waals surface area contributed by atoms with Crippen molar-refractivity contribution in [2.75, 3.05) is 52.4 Å². The van der Waals surface area contributed by atoms with E-state index >= 15 is 0 Å². The first-order chi connectivity index (χ1) is 14.2. The van der Waals surface area contributed by atoms with Crippen molar-refractivity contribution in [2.24, 2.45) is 4.99 Å². The van der Waals surface area contributed by atoms with E-state index in [4.69, 9.17) is 4.99 Å². The minimum absolute atomic E-state index is 0. The van der Waals surface area contributed by atoms with E-state index in [0.29, 0.717) is 11.8 Å². The quantitative estimate of drug-likeness (QED) is 0.365. The van der Waals surface area contributed by atoms with Gasteiger partial charge in [0.05, 0.1) is 6.04 Å². The zero-order chi connectivity index (χ0) is 20.2. The zero-order valence-electron chi connectivity index (χ0n) is 18.3. The first kappa shape index (κ1) is 23.3. The highest BCUT2D eigenvalue weighted by Crippen LogP contribution is 2.34. The maximum absolute atomic E-state index is 12.7. The van der Waals surface area contributed by atoms with Crippen LogP contribution in [0.2, 0.25) is 0 Å². The summed E-state index contributed by atoms with van der Waals surface area (Å²) in [6.45, 7) is 11.5. The standard InChI is InChI=1S/C23H35N5O.HI/c1-3-24-23(25-17-20-16-19-8-4-5-9-21(19)20)28-14-12-26(13-15-28)18(2)22(29)27-10-6-7-11-27;/h4-5,8-9,18,20H,3,6-7,10-17H2,1-2H3,(H,24,25);1H. The Hall–Kier alpha value is -1.35. The van der Waals surface area contributed by atoms with Crippen LogP contribution in [0.3, 0.4) is 0 Å². The highest BCUT2D eigenvalue weighted by molar-refractivity contribution is 14.0. The molecular formula is C23H36IN5O. The molecule has 2 atom stereocenters. The summed E-state index contributed by atoms with van der Waals surface area (Å²) >= 11 is 0. The molecule has 1 amide bonds. The number of fused-ring (bicyclic) bond motifs is 1. The van der Waals surface area contributed by atoms with Crippen molar-refractivity contribution in [2.45, 2.75) is 45.1 Å². The number of hydrogen-bond acceptors (Lipinski definition) is 3. The lowest BCUT2D eigenvalue weighted by Crippen LogP contribution is -2.57. The molecule has 2 aliphatic heterocycles. The third kappa shape index (κ3) is 5.10. The first-order valence-electron chi connectivity index (χ1n) is 11.3. The van der Waals surface area contributed by atoms with E-state index < -0.39 is 0 Å². The lowest BCUT2D eigenvalue weighted by Gasteiger charge is -2.40. The molecule has 1 aromatic rings. The number of hydrogen-bond donors (Lipinski definition) is 1. The molecule has 0 radical (unpaired) electrons. The van der Waals surface area contributed by atoms with Crippen molar-refractivity contribution in [1.29, 1.82) is 0 Å². The van der Waals surface area contributed by atoms with Gasteiger partial charge in [-0.25, -0.2) is 0 Å². The van der Waals surface area contributed by atoms with Crippen LogP contribution in [-0.4, -0.2) is 85.0 Å². The maximum Gasteiger partial charge on any atom is 0.239 e. The summed E-state index contributed by atoms with van der Waals surface area (Å²) in [4.78, 5) is 24.4. The van der Waals surface area contributed by atoms with Crippen molar-refractivity contribution in [1.82, 2.24) is 20.0 Å². The van der Waals surface area contributed by atoms with Crippen LogP contribution in [0.1, 0.15) is 43.7 Å². The molecule has 0 bridgehead atoms. The van der Waals surface area contributed by atoms with E-state index in [1.807, 2.05) is 4.90 Å². The highest BCUT2D eigenvalue weighted by Gasteiger charge is 2.31. The number of carbonyl (C=O) groups is 1. The van der Waals surface area contributed by atoms with Gasteiger partial charge >= 0.3 is 0 Å². The summed E-state index contributed by atoms with van der Waals surface area (Å²) in [6, 6.07) is 8.70. The van der Waals surface area contributed by atoms with Gasteiger partial charge in [0.25, 0.3) is 0 Å². The van der Waals surface area contributed by atoms with E-state index in [1.165, 1.54) is 11.1 Å². The molecule has 0 aromatic heterocycles. The summed E-state index contributed by atoms with van der Waals surface area (Å²) in [7, 11) is 0. The summed E-state index contributed by atoms with van der Waals surface area (Å²) in [5.74, 6) is 1.88. The summed E-state index contributed by atoms with van der Waals surface area (Å²) in [5.41, 5.74) is 2.94. The Balaban J connectivity index is 0.00000256. The second-order valence-corrected chi connectivity index (χ2v) is 8.53. The molecular weight excluding hydrogens is 489 g/mol. The molecule has 1 N–H and O–H groups in total. The number of piperazine rings is 1. The minimum Gasteiger partial charge on any atom is -0.357 e. The number of carbonyl (C=O) groups excluding carboxylic acids is 1. The van der Waals surface area contributed by atoms with Gasteiger partial charge in [-0.05, 0) is 44.2 Å². The number of rotatable bonds is 5. The summed E-state index contributed by atoms with van der Waals surface area (Å²) in [6.07, 6.45) is 3.45. The lowest BCUT2D eigenvalue weighted by molar-refractivity contribution is -0.135. The van der Waals surface area contributed by atoms with Crippen molar-refractivity contribution in [3.63, 3.8) is 0 Å². The predicted molar refractivity (Wildman–Crippen MR) is 133 cm³/mol. The lowest BCUT2D eigenvalue weighted by atomic mass is 9.78. The molecule has 0 spiro atoms. The van der Waals surface area contributed by atoms with Crippen molar-refractivity contribution in [3.8, 4) is 0 Å². The normalized spacial score (nSPS) is 22.7. The van der Waals surface area contributed by atoms with Gasteiger partial charge in [0, 0.05) is 58.3 Å². The van der Waals surface area contributed by atoms with Crippen molar-refractivity contribution >= 4 is 35.8 Å². The third-order valence-electron chi connectivity index (χ3n) is 6.69. The largest absolute Gasteiger partial charge is 0.357 e. The van der Waals surface area contributed by atoms with Gasteiger partial charge in [-0.2, -0.15) is 0 Å². The molecule has 2 saturated heterocycles. The zero-order valence-corrected chi connectivity index (χ0v) is 20.7. The first-order valence-corrected chi connectivity index (χ1v) is 11.3. The van der Waals surface area contributed by atoms with Crippen LogP contribution in [-0.2, 0) is 11.2 Å². The molecule has 2 fully saturated rings. The molecule has 0 saturated carbocycles. The van der Waals surface area contributed by atoms with Crippen molar-refractivity contribution < 1.29 is 4.79 Å². The van der Waals surface area contributed by atoms with Gasteiger partial charge < -0.3 is 15.1 Å². The fourth-order valence-electron chi connectivity index (χ4n) is 4.83. The van der Waals surface area contributed by atoms with Gasteiger partial charge in [0.1, 0.15) is 0 Å². The molecule has 1 aliphatic carbocycles. The van der Waals surface area contributed by atoms with Crippen LogP contribution >= 0.6 is 24.0 Å². The van der Waals surface area contributed by atoms with E-state index in [9.17, 15) is 4.79 Å². The number of aliphatic imine (C=N–C) groups is 1. The Bertz CT molecular complexity index is 741. The Morgan fingerprint density at radius 1 is 1.10 bits per heavy atom. The number of nitrogens with zero attached hydrogens (tertiary/aromatic N) is 4. The topological polar surface area (TPSA) is 51.2 Å². The molecule has 4 rings (SSSR count). The highest BCUT2D eigenvalue weighted by atomic mass is 127. The average Bonchev–Trinajstić information content (AvgIpc) is 3.27. The smallest absolute Gasteiger partial charge is 0.239 e. The monoisotopic (exact) mass is 525 g/mol. The molecule has 6 nitrogen and oxygen atoms in total. The second-order valence-electron chi connectivity index (χ2n) is 8.53. The van der Waals surface area contributed by atoms with Crippen LogP contribution in [0.15, 0.2) is 29.3 Å². The van der Waals surface area contributed by atoms with Gasteiger partial charge in [-0.15, -0.1) is 24.0 Å². The molecule has 2 unspecified atom stereocenters. The number of likely N-dealkylation sites (tertiary alicyclic amines) is 1. The summed E-state index contributed by atoms with van der Waals surface area (Å²) in [5, 5.41) is 3.47. The van der Waals surface area contributed by atoms with Gasteiger partial charge in [-0.1, -0.05) is 24.3 Å². The van der Waals surface area contributed by atoms with Gasteiger partial charge in [0.2, 0.25) is 5.91 Å². The SMILES string of the molecule is CCNC(=NCC1Cc2ccccc21)N1CCN(C(C)C(=O)N2CCCC2)CC1.I. The van der Waals surface area contributed by atoms with Crippen LogP contribution in [0.5, 0.6) is 0 Å². The van der Waals surface area contributed by atoms with E-state index in [2.05, 4.69) is 53.2 Å². The van der Waals surface area contributed by atoms with Crippen LogP contribution in [0.25, 0.3) is 0 Å². The fraction of sp³-hybridized carbons (Fsp3) is 0.652. The minimum atomic E-state index is -0.0127. The number of nitrogens with one attached hydrogen (secondary N) is 1. The molecule has 166 valence electrons. The fourth-order valence-corrected chi connectivity index (χ4v) is 4.83. The predicted octanol–water partition coefficient (Wildman–Crippen LogP) is 2.54. The van der Waals surface area contributed by atoms with Gasteiger partial charge in [0.15, 0.2) is 5.96 Å². The molecule has 3 aliphatic rings. The number of halogens is 1.